The van der Waals surface area contributed by atoms with E-state index in [4.69, 9.17) is 9.26 Å². The van der Waals surface area contributed by atoms with Gasteiger partial charge < -0.3 is 14.6 Å². The van der Waals surface area contributed by atoms with Gasteiger partial charge in [0.1, 0.15) is 11.4 Å². The summed E-state index contributed by atoms with van der Waals surface area (Å²) in [7, 11) is 1.63. The van der Waals surface area contributed by atoms with Crippen LogP contribution in [0.4, 0.5) is 0 Å². The van der Waals surface area contributed by atoms with Crippen molar-refractivity contribution in [1.29, 1.82) is 0 Å². The van der Waals surface area contributed by atoms with Crippen LogP contribution in [0.15, 0.2) is 77.3 Å². The zero-order chi connectivity index (χ0) is 19.3. The standard InChI is InChI=1S/C23H20N2O3/c1-27-20-11-9-17(10-12-20)22-14-19(25-28-22)15-24-23(26)13-18-7-4-6-16-5-2-3-8-21(16)18/h2-12,14H,13,15H2,1H3,(H,24,26). The Labute approximate surface area is 162 Å². The van der Waals surface area contributed by atoms with Gasteiger partial charge in [-0.1, -0.05) is 47.6 Å². The molecule has 0 fully saturated rings. The first kappa shape index (κ1) is 17.8. The molecule has 0 unspecified atom stereocenters. The molecule has 1 N–H and O–H groups in total. The normalized spacial score (nSPS) is 10.8. The van der Waals surface area contributed by atoms with Gasteiger partial charge in [0.25, 0.3) is 0 Å². The van der Waals surface area contributed by atoms with Gasteiger partial charge in [-0.25, -0.2) is 0 Å². The van der Waals surface area contributed by atoms with Crippen LogP contribution in [0.1, 0.15) is 11.3 Å². The predicted octanol–water partition coefficient (Wildman–Crippen LogP) is 4.36. The third kappa shape index (κ3) is 3.88. The lowest BCUT2D eigenvalue weighted by atomic mass is 10.0. The van der Waals surface area contributed by atoms with Gasteiger partial charge in [0.15, 0.2) is 5.76 Å². The van der Waals surface area contributed by atoms with E-state index in [0.29, 0.717) is 24.4 Å². The van der Waals surface area contributed by atoms with Crippen molar-refractivity contribution in [2.75, 3.05) is 7.11 Å². The lowest BCUT2D eigenvalue weighted by Gasteiger charge is -2.07. The molecule has 140 valence electrons. The molecule has 0 saturated heterocycles. The fourth-order valence-corrected chi connectivity index (χ4v) is 3.16. The van der Waals surface area contributed by atoms with Crippen molar-refractivity contribution in [1.82, 2.24) is 10.5 Å². The quantitative estimate of drug-likeness (QED) is 0.546. The SMILES string of the molecule is COc1ccc(-c2cc(CNC(=O)Cc3cccc4ccccc34)no2)cc1. The van der Waals surface area contributed by atoms with Crippen LogP contribution in [0.3, 0.4) is 0 Å². The minimum absolute atomic E-state index is 0.0506. The first-order chi connectivity index (χ1) is 13.7. The lowest BCUT2D eigenvalue weighted by Crippen LogP contribution is -2.24. The molecule has 5 nitrogen and oxygen atoms in total. The van der Waals surface area contributed by atoms with E-state index >= 15 is 0 Å². The van der Waals surface area contributed by atoms with Crippen LogP contribution in [0.5, 0.6) is 5.75 Å². The van der Waals surface area contributed by atoms with E-state index in [-0.39, 0.29) is 5.91 Å². The van der Waals surface area contributed by atoms with Crippen LogP contribution in [-0.2, 0) is 17.8 Å². The molecule has 0 aliphatic rings. The van der Waals surface area contributed by atoms with Gasteiger partial charge in [0, 0.05) is 11.6 Å². The molecule has 1 amide bonds. The molecule has 0 radical (unpaired) electrons. The molecular formula is C23H20N2O3. The Balaban J connectivity index is 1.39. The Kier molecular flexibility index (Phi) is 5.06. The van der Waals surface area contributed by atoms with Crippen molar-refractivity contribution >= 4 is 16.7 Å². The number of carbonyl (C=O) groups excluding carboxylic acids is 1. The lowest BCUT2D eigenvalue weighted by molar-refractivity contribution is -0.120. The number of aromatic nitrogens is 1. The number of benzene rings is 3. The number of hydrogen-bond acceptors (Lipinski definition) is 4. The fraction of sp³-hybridized carbons (Fsp3) is 0.130. The molecule has 0 aliphatic carbocycles. The van der Waals surface area contributed by atoms with E-state index < -0.39 is 0 Å². The average molecular weight is 372 g/mol. The Bertz CT molecular complexity index is 1100. The molecule has 1 aromatic heterocycles. The number of fused-ring (bicyclic) bond motifs is 1. The number of nitrogens with zero attached hydrogens (tertiary/aromatic N) is 1. The number of rotatable bonds is 6. The number of ether oxygens (including phenoxy) is 1. The highest BCUT2D eigenvalue weighted by atomic mass is 16.5. The highest BCUT2D eigenvalue weighted by molar-refractivity contribution is 5.90. The summed E-state index contributed by atoms with van der Waals surface area (Å²) in [6.45, 7) is 0.323. The number of carbonyl (C=O) groups is 1. The monoisotopic (exact) mass is 372 g/mol. The highest BCUT2D eigenvalue weighted by Gasteiger charge is 2.10. The van der Waals surface area contributed by atoms with Gasteiger partial charge in [-0.2, -0.15) is 0 Å². The second-order valence-corrected chi connectivity index (χ2v) is 6.50. The van der Waals surface area contributed by atoms with E-state index in [0.717, 1.165) is 27.6 Å². The summed E-state index contributed by atoms with van der Waals surface area (Å²) in [6.07, 6.45) is 0.324. The largest absolute Gasteiger partial charge is 0.497 e. The number of amides is 1. The zero-order valence-corrected chi connectivity index (χ0v) is 15.5. The van der Waals surface area contributed by atoms with Gasteiger partial charge in [0.05, 0.1) is 20.1 Å². The Morgan fingerprint density at radius 2 is 1.82 bits per heavy atom. The molecular weight excluding hydrogens is 352 g/mol. The molecule has 0 saturated carbocycles. The number of nitrogens with one attached hydrogen (secondary N) is 1. The molecule has 5 heteroatoms. The highest BCUT2D eigenvalue weighted by Crippen LogP contribution is 2.23. The first-order valence-corrected chi connectivity index (χ1v) is 9.06. The van der Waals surface area contributed by atoms with Crippen LogP contribution in [0.25, 0.3) is 22.1 Å². The van der Waals surface area contributed by atoms with Crippen molar-refractivity contribution < 1.29 is 14.1 Å². The van der Waals surface area contributed by atoms with E-state index in [1.165, 1.54) is 0 Å². The number of hydrogen-bond donors (Lipinski definition) is 1. The van der Waals surface area contributed by atoms with Gasteiger partial charge in [-0.15, -0.1) is 0 Å². The van der Waals surface area contributed by atoms with E-state index in [9.17, 15) is 4.79 Å². The predicted molar refractivity (Wildman–Crippen MR) is 108 cm³/mol. The van der Waals surface area contributed by atoms with Gasteiger partial charge in [0.2, 0.25) is 5.91 Å². The summed E-state index contributed by atoms with van der Waals surface area (Å²) >= 11 is 0. The minimum Gasteiger partial charge on any atom is -0.497 e. The molecule has 4 aromatic rings. The van der Waals surface area contributed by atoms with E-state index in [2.05, 4.69) is 10.5 Å². The van der Waals surface area contributed by atoms with Crippen LogP contribution >= 0.6 is 0 Å². The fourth-order valence-electron chi connectivity index (χ4n) is 3.16. The van der Waals surface area contributed by atoms with Crippen LogP contribution < -0.4 is 10.1 Å². The smallest absolute Gasteiger partial charge is 0.224 e. The van der Waals surface area contributed by atoms with Gasteiger partial charge in [-0.3, -0.25) is 4.79 Å². The third-order valence-corrected chi connectivity index (χ3v) is 4.63. The summed E-state index contributed by atoms with van der Waals surface area (Å²) in [5, 5.41) is 9.19. The first-order valence-electron chi connectivity index (χ1n) is 9.06. The maximum absolute atomic E-state index is 12.4. The van der Waals surface area contributed by atoms with Crippen LogP contribution in [-0.4, -0.2) is 18.2 Å². The summed E-state index contributed by atoms with van der Waals surface area (Å²) in [5.41, 5.74) is 2.59. The van der Waals surface area contributed by atoms with Crippen molar-refractivity contribution in [3.8, 4) is 17.1 Å². The van der Waals surface area contributed by atoms with Crippen molar-refractivity contribution in [2.45, 2.75) is 13.0 Å². The Morgan fingerprint density at radius 3 is 2.64 bits per heavy atom. The topological polar surface area (TPSA) is 64.4 Å². The molecule has 28 heavy (non-hydrogen) atoms. The van der Waals surface area contributed by atoms with Gasteiger partial charge >= 0.3 is 0 Å². The molecule has 0 spiro atoms. The van der Waals surface area contributed by atoms with Gasteiger partial charge in [-0.05, 0) is 40.6 Å². The summed E-state index contributed by atoms with van der Waals surface area (Å²) < 4.78 is 10.5. The van der Waals surface area contributed by atoms with Crippen LogP contribution in [0.2, 0.25) is 0 Å². The maximum Gasteiger partial charge on any atom is 0.224 e. The third-order valence-electron chi connectivity index (χ3n) is 4.63. The second-order valence-electron chi connectivity index (χ2n) is 6.50. The Morgan fingerprint density at radius 1 is 1.04 bits per heavy atom. The molecule has 4 rings (SSSR count). The van der Waals surface area contributed by atoms with Crippen molar-refractivity contribution in [3.63, 3.8) is 0 Å². The summed E-state index contributed by atoms with van der Waals surface area (Å²) in [4.78, 5) is 12.4. The maximum atomic E-state index is 12.4. The molecule has 3 aromatic carbocycles. The number of methoxy groups -OCH3 is 1. The molecule has 0 bridgehead atoms. The van der Waals surface area contributed by atoms with E-state index in [1.807, 2.05) is 72.8 Å². The molecule has 0 atom stereocenters. The zero-order valence-electron chi connectivity index (χ0n) is 15.5. The molecule has 0 aliphatic heterocycles. The van der Waals surface area contributed by atoms with E-state index in [1.54, 1.807) is 7.11 Å². The van der Waals surface area contributed by atoms with Crippen molar-refractivity contribution in [2.24, 2.45) is 0 Å². The molecule has 1 heterocycles. The van der Waals surface area contributed by atoms with Crippen molar-refractivity contribution in [3.05, 3.63) is 84.1 Å². The second kappa shape index (κ2) is 7.96. The summed E-state index contributed by atoms with van der Waals surface area (Å²) in [5.74, 6) is 1.38. The average Bonchev–Trinajstić information content (AvgIpc) is 3.22. The minimum atomic E-state index is -0.0506. The summed E-state index contributed by atoms with van der Waals surface area (Å²) in [6, 6.07) is 23.5. The Hall–Kier alpha value is -3.60. The van der Waals surface area contributed by atoms with Crippen LogP contribution in [0, 0.1) is 0 Å².